The first kappa shape index (κ1) is 20.6. The van der Waals surface area contributed by atoms with Crippen molar-refractivity contribution in [1.29, 1.82) is 0 Å². The van der Waals surface area contributed by atoms with Gasteiger partial charge in [0.2, 0.25) is 11.1 Å². The molecule has 0 bridgehead atoms. The number of tetrazole rings is 1. The molecule has 10 heteroatoms. The van der Waals surface area contributed by atoms with Crippen LogP contribution in [0.25, 0.3) is 0 Å². The summed E-state index contributed by atoms with van der Waals surface area (Å²) in [6, 6.07) is 7.46. The average molecular weight is 424 g/mol. The Morgan fingerprint density at radius 3 is 2.68 bits per heavy atom. The summed E-state index contributed by atoms with van der Waals surface area (Å²) < 4.78 is 6.54. The monoisotopic (exact) mass is 423 g/mol. The molecule has 0 saturated heterocycles. The molecule has 0 spiro atoms. The van der Waals surface area contributed by atoms with Gasteiger partial charge in [-0.2, -0.15) is 0 Å². The number of carbonyl (C=O) groups excluding carboxylic acids is 2. The van der Waals surface area contributed by atoms with Gasteiger partial charge in [-0.15, -0.1) is 5.10 Å². The summed E-state index contributed by atoms with van der Waals surface area (Å²) in [6.45, 7) is 0.172. The van der Waals surface area contributed by atoms with E-state index in [1.165, 1.54) is 36.6 Å². The van der Waals surface area contributed by atoms with E-state index in [4.69, 9.17) is 16.3 Å². The summed E-state index contributed by atoms with van der Waals surface area (Å²) >= 11 is 7.20. The summed E-state index contributed by atoms with van der Waals surface area (Å²) in [6.07, 6.45) is 4.44. The lowest BCUT2D eigenvalue weighted by atomic mass is 10.2. The van der Waals surface area contributed by atoms with E-state index in [2.05, 4.69) is 15.5 Å². The number of amides is 1. The molecule has 150 valence electrons. The third-order valence-electron chi connectivity index (χ3n) is 4.64. The predicted octanol–water partition coefficient (Wildman–Crippen LogP) is 2.74. The van der Waals surface area contributed by atoms with Gasteiger partial charge in [-0.05, 0) is 41.0 Å². The first-order valence-electron chi connectivity index (χ1n) is 9.06. The van der Waals surface area contributed by atoms with Gasteiger partial charge in [0.25, 0.3) is 0 Å². The Kier molecular flexibility index (Phi) is 7.27. The van der Waals surface area contributed by atoms with E-state index in [1.54, 1.807) is 12.1 Å². The number of thioether (sulfide) groups is 1. The molecule has 1 aliphatic rings. The normalized spacial score (nSPS) is 14.2. The number of nitrogens with zero attached hydrogens (tertiary/aromatic N) is 5. The largest absolute Gasteiger partial charge is 0.468 e. The molecule has 0 unspecified atom stereocenters. The van der Waals surface area contributed by atoms with E-state index in [0.29, 0.717) is 22.8 Å². The molecule has 28 heavy (non-hydrogen) atoms. The highest BCUT2D eigenvalue weighted by Crippen LogP contribution is 2.31. The van der Waals surface area contributed by atoms with Crippen LogP contribution in [0.5, 0.6) is 0 Å². The minimum atomic E-state index is -0.469. The Morgan fingerprint density at radius 2 is 2.00 bits per heavy atom. The number of rotatable bonds is 8. The number of hydrogen-bond donors (Lipinski definition) is 0. The van der Waals surface area contributed by atoms with Gasteiger partial charge in [-0.25, -0.2) is 4.68 Å². The molecule has 8 nitrogen and oxygen atoms in total. The second-order valence-corrected chi connectivity index (χ2v) is 7.96. The first-order valence-corrected chi connectivity index (χ1v) is 10.4. The van der Waals surface area contributed by atoms with Crippen LogP contribution in [0.3, 0.4) is 0 Å². The van der Waals surface area contributed by atoms with Crippen molar-refractivity contribution in [2.45, 2.75) is 43.4 Å². The average Bonchev–Trinajstić information content (AvgIpc) is 3.38. The zero-order chi connectivity index (χ0) is 19.9. The summed E-state index contributed by atoms with van der Waals surface area (Å²) in [5.41, 5.74) is 0.877. The van der Waals surface area contributed by atoms with E-state index in [9.17, 15) is 9.59 Å². The van der Waals surface area contributed by atoms with Gasteiger partial charge in [0.1, 0.15) is 6.54 Å². The van der Waals surface area contributed by atoms with Crippen LogP contribution in [0.2, 0.25) is 5.02 Å². The topological polar surface area (TPSA) is 90.2 Å². The quantitative estimate of drug-likeness (QED) is 0.476. The molecule has 1 heterocycles. The van der Waals surface area contributed by atoms with E-state index in [1.807, 2.05) is 16.8 Å². The fourth-order valence-corrected chi connectivity index (χ4v) is 4.11. The van der Waals surface area contributed by atoms with E-state index >= 15 is 0 Å². The van der Waals surface area contributed by atoms with Gasteiger partial charge in [-0.3, -0.25) is 9.59 Å². The highest BCUT2D eigenvalue weighted by molar-refractivity contribution is 7.99. The molecule has 1 aromatic carbocycles. The summed E-state index contributed by atoms with van der Waals surface area (Å²) in [7, 11) is 1.30. The standard InChI is InChI=1S/C18H22ClN5O3S/c1-27-17(26)11-23(10-13-6-8-14(19)9-7-13)16(25)12-28-18-20-21-22-24(18)15-4-2-3-5-15/h6-9,15H,2-5,10-12H2,1H3. The smallest absolute Gasteiger partial charge is 0.325 e. The molecule has 0 N–H and O–H groups in total. The van der Waals surface area contributed by atoms with Crippen molar-refractivity contribution in [3.8, 4) is 0 Å². The molecule has 1 aliphatic carbocycles. The van der Waals surface area contributed by atoms with E-state index < -0.39 is 5.97 Å². The van der Waals surface area contributed by atoms with Crippen molar-refractivity contribution in [2.75, 3.05) is 19.4 Å². The number of carbonyl (C=O) groups is 2. The first-order chi connectivity index (χ1) is 13.6. The number of hydrogen-bond acceptors (Lipinski definition) is 7. The lowest BCUT2D eigenvalue weighted by Crippen LogP contribution is -2.37. The van der Waals surface area contributed by atoms with Crippen LogP contribution < -0.4 is 0 Å². The summed E-state index contributed by atoms with van der Waals surface area (Å²) in [5, 5.41) is 13.1. The van der Waals surface area contributed by atoms with Gasteiger partial charge < -0.3 is 9.64 Å². The lowest BCUT2D eigenvalue weighted by Gasteiger charge is -2.21. The van der Waals surface area contributed by atoms with Crippen molar-refractivity contribution < 1.29 is 14.3 Å². The zero-order valence-electron chi connectivity index (χ0n) is 15.6. The highest BCUT2D eigenvalue weighted by atomic mass is 35.5. The van der Waals surface area contributed by atoms with Crippen molar-refractivity contribution in [3.05, 3.63) is 34.9 Å². The number of ether oxygens (including phenoxy) is 1. The van der Waals surface area contributed by atoms with Crippen LogP contribution in [0, 0.1) is 0 Å². The molecule has 1 fully saturated rings. The Balaban J connectivity index is 1.64. The molecule has 1 aromatic heterocycles. The Morgan fingerprint density at radius 1 is 1.29 bits per heavy atom. The van der Waals surface area contributed by atoms with Gasteiger partial charge in [0, 0.05) is 11.6 Å². The Hall–Kier alpha value is -2.13. The SMILES string of the molecule is COC(=O)CN(Cc1ccc(Cl)cc1)C(=O)CSc1nnnn1C1CCCC1. The van der Waals surface area contributed by atoms with E-state index in [0.717, 1.165) is 18.4 Å². The van der Waals surface area contributed by atoms with Crippen molar-refractivity contribution >= 4 is 35.2 Å². The third kappa shape index (κ3) is 5.45. The van der Waals surface area contributed by atoms with Gasteiger partial charge >= 0.3 is 5.97 Å². The molecular weight excluding hydrogens is 402 g/mol. The molecule has 0 atom stereocenters. The van der Waals surface area contributed by atoms with Crippen LogP contribution in [-0.2, 0) is 20.9 Å². The van der Waals surface area contributed by atoms with Crippen LogP contribution in [0.15, 0.2) is 29.4 Å². The summed E-state index contributed by atoms with van der Waals surface area (Å²) in [4.78, 5) is 26.0. The van der Waals surface area contributed by atoms with Crippen LogP contribution in [0.1, 0.15) is 37.3 Å². The molecule has 0 radical (unpaired) electrons. The van der Waals surface area contributed by atoms with E-state index in [-0.39, 0.29) is 18.2 Å². The maximum Gasteiger partial charge on any atom is 0.325 e. The second kappa shape index (κ2) is 9.88. The number of aromatic nitrogens is 4. The molecule has 1 amide bonds. The Bertz CT molecular complexity index is 808. The fourth-order valence-electron chi connectivity index (χ4n) is 3.14. The molecular formula is C18H22ClN5O3S. The van der Waals surface area contributed by atoms with Crippen LogP contribution in [0.4, 0.5) is 0 Å². The fraction of sp³-hybridized carbons (Fsp3) is 0.500. The van der Waals surface area contributed by atoms with Crippen molar-refractivity contribution in [3.63, 3.8) is 0 Å². The number of methoxy groups -OCH3 is 1. The van der Waals surface area contributed by atoms with Crippen LogP contribution in [-0.4, -0.2) is 56.4 Å². The number of esters is 1. The third-order valence-corrected chi connectivity index (χ3v) is 5.82. The summed E-state index contributed by atoms with van der Waals surface area (Å²) in [5.74, 6) is -0.521. The minimum absolute atomic E-state index is 0.119. The number of benzene rings is 1. The predicted molar refractivity (Wildman–Crippen MR) is 105 cm³/mol. The zero-order valence-corrected chi connectivity index (χ0v) is 17.2. The maximum atomic E-state index is 12.8. The molecule has 1 saturated carbocycles. The molecule has 3 rings (SSSR count). The second-order valence-electron chi connectivity index (χ2n) is 6.59. The molecule has 2 aromatic rings. The maximum absolute atomic E-state index is 12.8. The lowest BCUT2D eigenvalue weighted by molar-refractivity contribution is -0.146. The van der Waals surface area contributed by atoms with Crippen molar-refractivity contribution in [2.24, 2.45) is 0 Å². The van der Waals surface area contributed by atoms with Gasteiger partial charge in [-0.1, -0.05) is 48.3 Å². The Labute approximate surface area is 172 Å². The number of halogens is 1. The van der Waals surface area contributed by atoms with Crippen LogP contribution >= 0.6 is 23.4 Å². The van der Waals surface area contributed by atoms with Gasteiger partial charge in [0.15, 0.2) is 0 Å². The molecule has 0 aliphatic heterocycles. The minimum Gasteiger partial charge on any atom is -0.468 e. The van der Waals surface area contributed by atoms with Gasteiger partial charge in [0.05, 0.1) is 18.9 Å². The van der Waals surface area contributed by atoms with Crippen molar-refractivity contribution in [1.82, 2.24) is 25.1 Å². The highest BCUT2D eigenvalue weighted by Gasteiger charge is 2.24.